The Morgan fingerprint density at radius 1 is 1.32 bits per heavy atom. The van der Waals surface area contributed by atoms with Gasteiger partial charge in [0.25, 0.3) is 0 Å². The Kier molecular flexibility index (Phi) is 3.84. The van der Waals surface area contributed by atoms with Crippen molar-refractivity contribution in [2.75, 3.05) is 16.8 Å². The van der Waals surface area contributed by atoms with Gasteiger partial charge in [0.05, 0.1) is 11.2 Å². The number of hydrogen-bond acceptors (Lipinski definition) is 3. The van der Waals surface area contributed by atoms with Gasteiger partial charge in [-0.3, -0.25) is 9.19 Å². The van der Waals surface area contributed by atoms with E-state index in [0.717, 1.165) is 45.4 Å². The summed E-state index contributed by atoms with van der Waals surface area (Å²) in [5.74, 6) is 1.61. The van der Waals surface area contributed by atoms with Gasteiger partial charge in [-0.25, -0.2) is 0 Å². The average Bonchev–Trinajstić information content (AvgIpc) is 2.41. The smallest absolute Gasteiger partial charge is 0.0934 e. The van der Waals surface area contributed by atoms with Crippen LogP contribution in [0.15, 0.2) is 34.9 Å². The highest BCUT2D eigenvalue weighted by Crippen LogP contribution is 2.26. The maximum Gasteiger partial charge on any atom is 0.0934 e. The zero-order valence-corrected chi connectivity index (χ0v) is 12.8. The molecule has 0 amide bonds. The molecule has 0 unspecified atom stereocenters. The van der Waals surface area contributed by atoms with Gasteiger partial charge in [0.1, 0.15) is 0 Å². The van der Waals surface area contributed by atoms with Crippen LogP contribution in [0.5, 0.6) is 0 Å². The maximum atomic E-state index is 11.4. The van der Waals surface area contributed by atoms with Crippen LogP contribution in [0.4, 0.5) is 5.69 Å². The molecule has 0 bridgehead atoms. The zero-order chi connectivity index (χ0) is 13.2. The molecule has 1 saturated heterocycles. The van der Waals surface area contributed by atoms with Crippen LogP contribution in [0, 0.1) is 0 Å². The Labute approximate surface area is 123 Å². The highest BCUT2D eigenvalue weighted by molar-refractivity contribution is 9.10. The number of halogens is 1. The largest absolute Gasteiger partial charge is 0.380 e. The van der Waals surface area contributed by atoms with E-state index in [-0.39, 0.29) is 0 Å². The second-order valence-electron chi connectivity index (χ2n) is 4.80. The number of rotatable bonds is 2. The second kappa shape index (κ2) is 5.59. The standard InChI is InChI=1S/C14H15BrN2OS/c15-11-8-10-2-1-3-13(14(10)16-9-11)17-12-4-6-19(18)7-5-12/h1-3,8-9,12,17H,4-7H2. The Morgan fingerprint density at radius 2 is 2.11 bits per heavy atom. The van der Waals surface area contributed by atoms with E-state index in [2.05, 4.69) is 44.4 Å². The lowest BCUT2D eigenvalue weighted by Crippen LogP contribution is -2.29. The zero-order valence-electron chi connectivity index (χ0n) is 10.4. The van der Waals surface area contributed by atoms with E-state index in [4.69, 9.17) is 0 Å². The first-order valence-corrected chi connectivity index (χ1v) is 8.66. The van der Waals surface area contributed by atoms with Crippen LogP contribution >= 0.6 is 15.9 Å². The first kappa shape index (κ1) is 13.1. The van der Waals surface area contributed by atoms with Crippen molar-refractivity contribution < 1.29 is 4.21 Å². The number of para-hydroxylation sites is 1. The average molecular weight is 339 g/mol. The summed E-state index contributed by atoms with van der Waals surface area (Å²) >= 11 is 3.45. The Hall–Kier alpha value is -0.940. The van der Waals surface area contributed by atoms with Crippen LogP contribution in [-0.2, 0) is 10.8 Å². The van der Waals surface area contributed by atoms with Crippen LogP contribution in [0.2, 0.25) is 0 Å². The van der Waals surface area contributed by atoms with Crippen molar-refractivity contribution in [1.29, 1.82) is 0 Å². The molecule has 1 fully saturated rings. The molecule has 1 N–H and O–H groups in total. The van der Waals surface area contributed by atoms with Crippen molar-refractivity contribution in [2.24, 2.45) is 0 Å². The number of pyridine rings is 1. The lowest BCUT2D eigenvalue weighted by Gasteiger charge is -2.24. The van der Waals surface area contributed by atoms with E-state index in [1.54, 1.807) is 0 Å². The topological polar surface area (TPSA) is 42.0 Å². The number of anilines is 1. The summed E-state index contributed by atoms with van der Waals surface area (Å²) in [7, 11) is -0.611. The van der Waals surface area contributed by atoms with Crippen LogP contribution in [-0.4, -0.2) is 26.7 Å². The third-order valence-corrected chi connectivity index (χ3v) is 5.24. The fourth-order valence-electron chi connectivity index (χ4n) is 2.41. The first-order chi connectivity index (χ1) is 9.22. The molecule has 1 aromatic carbocycles. The summed E-state index contributed by atoms with van der Waals surface area (Å²) in [5.41, 5.74) is 2.07. The van der Waals surface area contributed by atoms with E-state index in [9.17, 15) is 4.21 Å². The lowest BCUT2D eigenvalue weighted by molar-refractivity contribution is 0.624. The monoisotopic (exact) mass is 338 g/mol. The molecular weight excluding hydrogens is 324 g/mol. The van der Waals surface area contributed by atoms with Crippen LogP contribution in [0.25, 0.3) is 10.9 Å². The quantitative estimate of drug-likeness (QED) is 0.913. The van der Waals surface area contributed by atoms with E-state index in [0.29, 0.717) is 6.04 Å². The molecule has 3 rings (SSSR count). The molecule has 2 heterocycles. The highest BCUT2D eigenvalue weighted by atomic mass is 79.9. The van der Waals surface area contributed by atoms with E-state index < -0.39 is 10.8 Å². The number of nitrogens with zero attached hydrogens (tertiary/aromatic N) is 1. The fraction of sp³-hybridized carbons (Fsp3) is 0.357. The third-order valence-electron chi connectivity index (χ3n) is 3.43. The van der Waals surface area contributed by atoms with Crippen LogP contribution < -0.4 is 5.32 Å². The summed E-state index contributed by atoms with van der Waals surface area (Å²) in [6.45, 7) is 0. The van der Waals surface area contributed by atoms with Crippen molar-refractivity contribution in [3.63, 3.8) is 0 Å². The fourth-order valence-corrected chi connectivity index (χ4v) is 4.06. The molecular formula is C14H15BrN2OS. The summed E-state index contributed by atoms with van der Waals surface area (Å²) < 4.78 is 12.4. The van der Waals surface area contributed by atoms with E-state index in [1.165, 1.54) is 0 Å². The SMILES string of the molecule is O=S1CCC(Nc2cccc3cc(Br)cnc23)CC1. The molecule has 0 saturated carbocycles. The molecule has 0 atom stereocenters. The Balaban J connectivity index is 1.86. The second-order valence-corrected chi connectivity index (χ2v) is 7.41. The van der Waals surface area contributed by atoms with Crippen molar-refractivity contribution in [3.05, 3.63) is 34.9 Å². The van der Waals surface area contributed by atoms with Gasteiger partial charge in [-0.05, 0) is 40.9 Å². The van der Waals surface area contributed by atoms with Gasteiger partial charge < -0.3 is 5.32 Å². The summed E-state index contributed by atoms with van der Waals surface area (Å²) in [5, 5.41) is 4.68. The predicted octanol–water partition coefficient (Wildman–Crippen LogP) is 3.32. The molecule has 19 heavy (non-hydrogen) atoms. The molecule has 1 aliphatic rings. The molecule has 1 aliphatic heterocycles. The molecule has 0 aliphatic carbocycles. The van der Waals surface area contributed by atoms with Gasteiger partial charge in [0.15, 0.2) is 0 Å². The number of aromatic nitrogens is 1. The lowest BCUT2D eigenvalue weighted by atomic mass is 10.1. The van der Waals surface area contributed by atoms with Gasteiger partial charge in [-0.1, -0.05) is 12.1 Å². The van der Waals surface area contributed by atoms with Gasteiger partial charge in [0, 0.05) is 44.4 Å². The van der Waals surface area contributed by atoms with Crippen LogP contribution in [0.3, 0.4) is 0 Å². The van der Waals surface area contributed by atoms with Crippen molar-refractivity contribution in [1.82, 2.24) is 4.98 Å². The maximum absolute atomic E-state index is 11.4. The number of hydrogen-bond donors (Lipinski definition) is 1. The first-order valence-electron chi connectivity index (χ1n) is 6.38. The summed E-state index contributed by atoms with van der Waals surface area (Å²) in [6.07, 6.45) is 3.77. The molecule has 3 nitrogen and oxygen atoms in total. The van der Waals surface area contributed by atoms with Gasteiger partial charge in [-0.2, -0.15) is 0 Å². The van der Waals surface area contributed by atoms with Crippen LogP contribution in [0.1, 0.15) is 12.8 Å². The van der Waals surface area contributed by atoms with E-state index >= 15 is 0 Å². The van der Waals surface area contributed by atoms with Crippen molar-refractivity contribution in [3.8, 4) is 0 Å². The minimum atomic E-state index is -0.611. The molecule has 1 aromatic heterocycles. The molecule has 2 aromatic rings. The van der Waals surface area contributed by atoms with Crippen molar-refractivity contribution >= 4 is 43.3 Å². The van der Waals surface area contributed by atoms with Gasteiger partial charge >= 0.3 is 0 Å². The number of fused-ring (bicyclic) bond motifs is 1. The van der Waals surface area contributed by atoms with Gasteiger partial charge in [0.2, 0.25) is 0 Å². The Morgan fingerprint density at radius 3 is 2.89 bits per heavy atom. The van der Waals surface area contributed by atoms with E-state index in [1.807, 2.05) is 12.3 Å². The normalized spacial score (nSPS) is 23.4. The summed E-state index contributed by atoms with van der Waals surface area (Å²) in [4.78, 5) is 4.49. The molecule has 5 heteroatoms. The molecule has 0 spiro atoms. The summed E-state index contributed by atoms with van der Waals surface area (Å²) in [6, 6.07) is 8.65. The Bertz CT molecular complexity index is 622. The predicted molar refractivity (Wildman–Crippen MR) is 84.0 cm³/mol. The third kappa shape index (κ3) is 2.98. The van der Waals surface area contributed by atoms with Gasteiger partial charge in [-0.15, -0.1) is 0 Å². The minimum Gasteiger partial charge on any atom is -0.380 e. The van der Waals surface area contributed by atoms with Crippen molar-refractivity contribution in [2.45, 2.75) is 18.9 Å². The number of nitrogens with one attached hydrogen (secondary N) is 1. The molecule has 0 radical (unpaired) electrons. The molecule has 100 valence electrons. The minimum absolute atomic E-state index is 0.411. The highest BCUT2D eigenvalue weighted by Gasteiger charge is 2.18. The number of benzene rings is 1.